The highest BCUT2D eigenvalue weighted by molar-refractivity contribution is 6.15. The zero-order valence-corrected chi connectivity index (χ0v) is 31.9. The Bertz CT molecular complexity index is 3040. The average molecular weight is 730 g/mol. The van der Waals surface area contributed by atoms with Gasteiger partial charge in [-0.15, -0.1) is 0 Å². The van der Waals surface area contributed by atoms with Gasteiger partial charge in [0.05, 0.1) is 0 Å². The zero-order valence-electron chi connectivity index (χ0n) is 31.9. The first kappa shape index (κ1) is 33.2. The molecular formula is C55H39NO. The van der Waals surface area contributed by atoms with Crippen LogP contribution in [0.5, 0.6) is 0 Å². The Kier molecular flexibility index (Phi) is 7.55. The molecule has 1 aromatic heterocycles. The highest BCUT2D eigenvalue weighted by Gasteiger charge is 2.35. The number of furan rings is 1. The molecule has 270 valence electrons. The molecule has 11 rings (SSSR count). The van der Waals surface area contributed by atoms with Crippen molar-refractivity contribution in [3.63, 3.8) is 0 Å². The molecular weight excluding hydrogens is 691 g/mol. The van der Waals surface area contributed by atoms with Gasteiger partial charge in [-0.25, -0.2) is 0 Å². The van der Waals surface area contributed by atoms with E-state index in [1.54, 1.807) is 0 Å². The van der Waals surface area contributed by atoms with E-state index in [2.05, 4.69) is 213 Å². The van der Waals surface area contributed by atoms with Gasteiger partial charge in [-0.2, -0.15) is 0 Å². The third-order valence-electron chi connectivity index (χ3n) is 12.1. The fourth-order valence-electron chi connectivity index (χ4n) is 9.25. The fourth-order valence-corrected chi connectivity index (χ4v) is 9.25. The maximum atomic E-state index is 6.68. The van der Waals surface area contributed by atoms with Gasteiger partial charge in [0.2, 0.25) is 0 Å². The van der Waals surface area contributed by atoms with Crippen LogP contribution in [0.2, 0.25) is 0 Å². The van der Waals surface area contributed by atoms with Gasteiger partial charge in [0, 0.05) is 38.8 Å². The van der Waals surface area contributed by atoms with Gasteiger partial charge in [-0.3, -0.25) is 0 Å². The molecule has 0 amide bonds. The molecule has 1 aliphatic carbocycles. The molecule has 1 aliphatic rings. The number of anilines is 3. The molecule has 0 saturated carbocycles. The van der Waals surface area contributed by atoms with E-state index in [0.29, 0.717) is 0 Å². The molecule has 0 atom stereocenters. The van der Waals surface area contributed by atoms with Crippen LogP contribution >= 0.6 is 0 Å². The first-order valence-corrected chi connectivity index (χ1v) is 19.8. The lowest BCUT2D eigenvalue weighted by molar-refractivity contribution is 0.645. The molecule has 0 saturated heterocycles. The normalized spacial score (nSPS) is 12.9. The van der Waals surface area contributed by atoms with Gasteiger partial charge in [0.15, 0.2) is 0 Å². The predicted molar refractivity (Wildman–Crippen MR) is 240 cm³/mol. The average Bonchev–Trinajstić information content (AvgIpc) is 3.66. The lowest BCUT2D eigenvalue weighted by atomic mass is 9.67. The summed E-state index contributed by atoms with van der Waals surface area (Å²) in [5.41, 5.74) is 17.2. The van der Waals surface area contributed by atoms with Crippen molar-refractivity contribution >= 4 is 49.8 Å². The highest BCUT2D eigenvalue weighted by Crippen LogP contribution is 2.54. The van der Waals surface area contributed by atoms with E-state index < -0.39 is 0 Å². The number of para-hydroxylation sites is 2. The number of hydrogen-bond donors (Lipinski definition) is 0. The summed E-state index contributed by atoms with van der Waals surface area (Å²) < 4.78 is 6.68. The minimum atomic E-state index is -0.218. The Morgan fingerprint density at radius 1 is 0.404 bits per heavy atom. The van der Waals surface area contributed by atoms with Crippen molar-refractivity contribution in [2.45, 2.75) is 19.3 Å². The standard InChI is InChI=1S/C55H39NO/c1-55(2)49-34-32-43(56(41-28-23-38(24-29-41)36-13-5-3-6-14-36)42-30-25-39(26-31-42)37-15-7-4-8-16-37)35-48(49)53-45(33-27-40-17-11-21-50(55)52(40)53)47-20-12-19-46-44-18-9-10-22-51(44)57-54(46)47/h3-35H,1-2H3. The van der Waals surface area contributed by atoms with Crippen LogP contribution in [0.1, 0.15) is 25.0 Å². The molecule has 0 N–H and O–H groups in total. The highest BCUT2D eigenvalue weighted by atomic mass is 16.3. The van der Waals surface area contributed by atoms with Gasteiger partial charge >= 0.3 is 0 Å². The molecule has 9 aromatic carbocycles. The lowest BCUT2D eigenvalue weighted by Gasteiger charge is -2.37. The van der Waals surface area contributed by atoms with Crippen molar-refractivity contribution in [3.8, 4) is 44.5 Å². The zero-order chi connectivity index (χ0) is 38.1. The Balaban J connectivity index is 1.14. The monoisotopic (exact) mass is 729 g/mol. The van der Waals surface area contributed by atoms with E-state index in [9.17, 15) is 0 Å². The maximum absolute atomic E-state index is 6.68. The minimum Gasteiger partial charge on any atom is -0.455 e. The molecule has 57 heavy (non-hydrogen) atoms. The molecule has 2 heteroatoms. The second-order valence-electron chi connectivity index (χ2n) is 15.7. The summed E-state index contributed by atoms with van der Waals surface area (Å²) in [6.07, 6.45) is 0. The van der Waals surface area contributed by atoms with Gasteiger partial charge in [-0.1, -0.05) is 172 Å². The first-order valence-electron chi connectivity index (χ1n) is 19.8. The Morgan fingerprint density at radius 3 is 1.67 bits per heavy atom. The third kappa shape index (κ3) is 5.33. The summed E-state index contributed by atoms with van der Waals surface area (Å²) in [5.74, 6) is 0. The van der Waals surface area contributed by atoms with Crippen molar-refractivity contribution in [1.82, 2.24) is 0 Å². The molecule has 2 nitrogen and oxygen atoms in total. The van der Waals surface area contributed by atoms with Gasteiger partial charge in [-0.05, 0) is 103 Å². The summed E-state index contributed by atoms with van der Waals surface area (Å²) in [4.78, 5) is 2.40. The first-order chi connectivity index (χ1) is 28.0. The summed E-state index contributed by atoms with van der Waals surface area (Å²) in [6.45, 7) is 4.75. The molecule has 0 radical (unpaired) electrons. The van der Waals surface area contributed by atoms with Crippen molar-refractivity contribution < 1.29 is 4.42 Å². The molecule has 0 fully saturated rings. The van der Waals surface area contributed by atoms with E-state index in [1.165, 1.54) is 60.8 Å². The summed E-state index contributed by atoms with van der Waals surface area (Å²) >= 11 is 0. The summed E-state index contributed by atoms with van der Waals surface area (Å²) in [7, 11) is 0. The Hall–Kier alpha value is -7.16. The van der Waals surface area contributed by atoms with E-state index in [1.807, 2.05) is 6.07 Å². The van der Waals surface area contributed by atoms with Crippen LogP contribution in [0.15, 0.2) is 205 Å². The van der Waals surface area contributed by atoms with Crippen LogP contribution in [0, 0.1) is 0 Å². The molecule has 10 aromatic rings. The number of benzene rings is 9. The van der Waals surface area contributed by atoms with E-state index in [-0.39, 0.29) is 5.41 Å². The smallest absolute Gasteiger partial charge is 0.143 e. The van der Waals surface area contributed by atoms with Crippen LogP contribution in [0.3, 0.4) is 0 Å². The number of nitrogens with zero attached hydrogens (tertiary/aromatic N) is 1. The third-order valence-corrected chi connectivity index (χ3v) is 12.1. The number of hydrogen-bond acceptors (Lipinski definition) is 2. The van der Waals surface area contributed by atoms with E-state index >= 15 is 0 Å². The van der Waals surface area contributed by atoms with Crippen LogP contribution in [0.25, 0.3) is 77.2 Å². The van der Waals surface area contributed by atoms with Crippen LogP contribution in [-0.2, 0) is 5.41 Å². The van der Waals surface area contributed by atoms with Gasteiger partial charge < -0.3 is 9.32 Å². The van der Waals surface area contributed by atoms with Crippen molar-refractivity contribution in [1.29, 1.82) is 0 Å². The maximum Gasteiger partial charge on any atom is 0.143 e. The molecule has 0 aliphatic heterocycles. The Morgan fingerprint density at radius 2 is 0.982 bits per heavy atom. The predicted octanol–water partition coefficient (Wildman–Crippen LogP) is 15.5. The van der Waals surface area contributed by atoms with Crippen LogP contribution < -0.4 is 4.90 Å². The van der Waals surface area contributed by atoms with E-state index in [0.717, 1.165) is 44.6 Å². The van der Waals surface area contributed by atoms with Gasteiger partial charge in [0.25, 0.3) is 0 Å². The lowest BCUT2D eigenvalue weighted by Crippen LogP contribution is -2.24. The minimum absolute atomic E-state index is 0.218. The summed E-state index contributed by atoms with van der Waals surface area (Å²) in [5, 5.41) is 4.83. The van der Waals surface area contributed by atoms with Crippen molar-refractivity contribution in [2.75, 3.05) is 4.90 Å². The SMILES string of the molecule is CC1(C)c2ccc(N(c3ccc(-c4ccccc4)cc3)c3ccc(-c4ccccc4)cc3)cc2-c2c(-c3cccc4c3oc3ccccc34)ccc3cccc1c23. The van der Waals surface area contributed by atoms with Crippen molar-refractivity contribution in [2.24, 2.45) is 0 Å². The summed E-state index contributed by atoms with van der Waals surface area (Å²) in [6, 6.07) is 72.6. The molecule has 0 spiro atoms. The number of rotatable bonds is 6. The molecule has 0 bridgehead atoms. The fraction of sp³-hybridized carbons (Fsp3) is 0.0545. The van der Waals surface area contributed by atoms with Crippen molar-refractivity contribution in [3.05, 3.63) is 211 Å². The van der Waals surface area contributed by atoms with Gasteiger partial charge in [0.1, 0.15) is 11.2 Å². The largest absolute Gasteiger partial charge is 0.455 e. The topological polar surface area (TPSA) is 16.4 Å². The second kappa shape index (κ2) is 13.0. The number of fused-ring (bicyclic) bond motifs is 5. The molecule has 1 heterocycles. The quantitative estimate of drug-likeness (QED) is 0.169. The molecule has 0 unspecified atom stereocenters. The van der Waals surface area contributed by atoms with Crippen LogP contribution in [0.4, 0.5) is 17.1 Å². The Labute approximate surface area is 332 Å². The van der Waals surface area contributed by atoms with Crippen LogP contribution in [-0.4, -0.2) is 0 Å². The second-order valence-corrected chi connectivity index (χ2v) is 15.7. The van der Waals surface area contributed by atoms with E-state index in [4.69, 9.17) is 4.42 Å².